The van der Waals surface area contributed by atoms with Crippen LogP contribution in [0.2, 0.25) is 0 Å². The number of benzene rings is 2. The van der Waals surface area contributed by atoms with E-state index < -0.39 is 0 Å². The fraction of sp³-hybridized carbons (Fsp3) is 0.167. The monoisotopic (exact) mass is 260 g/mol. The Kier molecular flexibility index (Phi) is 3.04. The average Bonchev–Trinajstić information content (AvgIpc) is 2.90. The maximum absolute atomic E-state index is 8.96. The van der Waals surface area contributed by atoms with E-state index >= 15 is 0 Å². The van der Waals surface area contributed by atoms with E-state index in [0.29, 0.717) is 0 Å². The summed E-state index contributed by atoms with van der Waals surface area (Å²) in [5.74, 6) is 0. The number of allylic oxidation sites excluding steroid dienone is 1. The Hall–Kier alpha value is -2.53. The van der Waals surface area contributed by atoms with Gasteiger partial charge in [0.1, 0.15) is 0 Å². The van der Waals surface area contributed by atoms with Crippen LogP contribution in [0.15, 0.2) is 42.5 Å². The van der Waals surface area contributed by atoms with Gasteiger partial charge in [-0.15, -0.1) is 0 Å². The molecule has 0 spiro atoms. The van der Waals surface area contributed by atoms with Gasteiger partial charge in [0, 0.05) is 19.8 Å². The van der Waals surface area contributed by atoms with Crippen LogP contribution in [0.3, 0.4) is 0 Å². The predicted octanol–water partition coefficient (Wildman–Crippen LogP) is 3.72. The summed E-state index contributed by atoms with van der Waals surface area (Å²) in [6.07, 6.45) is 3.13. The Morgan fingerprint density at radius 2 is 1.80 bits per heavy atom. The number of fused-ring (bicyclic) bond motifs is 1. The van der Waals surface area contributed by atoms with Gasteiger partial charge in [-0.25, -0.2) is 0 Å². The fourth-order valence-electron chi connectivity index (χ4n) is 2.57. The zero-order chi connectivity index (χ0) is 14.1. The smallest absolute Gasteiger partial charge is 0.0991 e. The third-order valence-electron chi connectivity index (χ3n) is 3.74. The third kappa shape index (κ3) is 2.19. The van der Waals surface area contributed by atoms with E-state index in [9.17, 15) is 0 Å². The van der Waals surface area contributed by atoms with Gasteiger partial charge in [-0.05, 0) is 52.9 Å². The summed E-state index contributed by atoms with van der Waals surface area (Å²) in [5.41, 5.74) is 7.00. The first-order valence-electron chi connectivity index (χ1n) is 6.69. The minimum Gasteiger partial charge on any atom is -0.378 e. The first-order valence-corrected chi connectivity index (χ1v) is 6.69. The fourth-order valence-corrected chi connectivity index (χ4v) is 2.57. The van der Waals surface area contributed by atoms with Gasteiger partial charge in [-0.3, -0.25) is 0 Å². The molecule has 0 bridgehead atoms. The summed E-state index contributed by atoms with van der Waals surface area (Å²) in [6, 6.07) is 16.7. The average molecular weight is 260 g/mol. The summed E-state index contributed by atoms with van der Waals surface area (Å²) in [5, 5.41) is 8.96. The van der Waals surface area contributed by atoms with Crippen molar-refractivity contribution in [1.82, 2.24) is 0 Å². The summed E-state index contributed by atoms with van der Waals surface area (Å²) in [6.45, 7) is 0. The molecule has 0 saturated carbocycles. The summed E-state index contributed by atoms with van der Waals surface area (Å²) < 4.78 is 0. The maximum atomic E-state index is 8.96. The summed E-state index contributed by atoms with van der Waals surface area (Å²) in [4.78, 5) is 2.10. The standard InChI is InChI=1S/C18H16N2/c1-20(2)18-7-5-14(6-8-18)17-10-15-4-3-13(12-19)9-16(15)11-17/h3-10H,11H2,1-2H3. The van der Waals surface area contributed by atoms with E-state index in [1.807, 2.05) is 32.3 Å². The number of nitrogens with zero attached hydrogens (tertiary/aromatic N) is 2. The number of anilines is 1. The Morgan fingerprint density at radius 3 is 2.45 bits per heavy atom. The number of hydrogen-bond donors (Lipinski definition) is 0. The molecule has 2 heteroatoms. The van der Waals surface area contributed by atoms with Gasteiger partial charge in [0.05, 0.1) is 11.6 Å². The van der Waals surface area contributed by atoms with Gasteiger partial charge >= 0.3 is 0 Å². The molecule has 2 aromatic rings. The molecule has 98 valence electrons. The lowest BCUT2D eigenvalue weighted by Gasteiger charge is -2.13. The Morgan fingerprint density at radius 1 is 1.05 bits per heavy atom. The molecule has 0 radical (unpaired) electrons. The number of hydrogen-bond acceptors (Lipinski definition) is 2. The van der Waals surface area contributed by atoms with Crippen molar-refractivity contribution in [3.8, 4) is 6.07 Å². The molecule has 1 aliphatic carbocycles. The second kappa shape index (κ2) is 4.86. The topological polar surface area (TPSA) is 27.0 Å². The lowest BCUT2D eigenvalue weighted by molar-refractivity contribution is 1.13. The molecular formula is C18H16N2. The normalized spacial score (nSPS) is 12.6. The van der Waals surface area contributed by atoms with E-state index in [0.717, 1.165) is 12.0 Å². The van der Waals surface area contributed by atoms with Gasteiger partial charge in [0.15, 0.2) is 0 Å². The van der Waals surface area contributed by atoms with Crippen LogP contribution in [0, 0.1) is 11.3 Å². The molecule has 3 rings (SSSR count). The van der Waals surface area contributed by atoms with Crippen LogP contribution in [0.1, 0.15) is 22.3 Å². The molecule has 0 atom stereocenters. The highest BCUT2D eigenvalue weighted by Crippen LogP contribution is 2.32. The van der Waals surface area contributed by atoms with Crippen LogP contribution in [-0.4, -0.2) is 14.1 Å². The number of nitriles is 1. The first-order chi connectivity index (χ1) is 9.67. The van der Waals surface area contributed by atoms with Gasteiger partial charge in [0.2, 0.25) is 0 Å². The molecule has 0 unspecified atom stereocenters. The van der Waals surface area contributed by atoms with Gasteiger partial charge in [-0.2, -0.15) is 5.26 Å². The summed E-state index contributed by atoms with van der Waals surface area (Å²) >= 11 is 0. The zero-order valence-corrected chi connectivity index (χ0v) is 11.7. The van der Waals surface area contributed by atoms with E-state index in [1.54, 1.807) is 0 Å². The second-order valence-electron chi connectivity index (χ2n) is 5.31. The van der Waals surface area contributed by atoms with Crippen LogP contribution in [0.25, 0.3) is 11.6 Å². The molecular weight excluding hydrogens is 244 g/mol. The van der Waals surface area contributed by atoms with E-state index in [1.165, 1.54) is 28.0 Å². The second-order valence-corrected chi connectivity index (χ2v) is 5.31. The molecule has 0 N–H and O–H groups in total. The Bertz CT molecular complexity index is 716. The summed E-state index contributed by atoms with van der Waals surface area (Å²) in [7, 11) is 4.09. The lowest BCUT2D eigenvalue weighted by Crippen LogP contribution is -2.08. The molecule has 0 amide bonds. The third-order valence-corrected chi connectivity index (χ3v) is 3.74. The molecule has 2 aromatic carbocycles. The van der Waals surface area contributed by atoms with Crippen molar-refractivity contribution in [3.63, 3.8) is 0 Å². The van der Waals surface area contributed by atoms with Crippen molar-refractivity contribution in [2.75, 3.05) is 19.0 Å². The van der Waals surface area contributed by atoms with Crippen LogP contribution in [-0.2, 0) is 6.42 Å². The first kappa shape index (κ1) is 12.5. The van der Waals surface area contributed by atoms with Crippen LogP contribution >= 0.6 is 0 Å². The maximum Gasteiger partial charge on any atom is 0.0991 e. The highest BCUT2D eigenvalue weighted by atomic mass is 15.1. The SMILES string of the molecule is CN(C)c1ccc(C2=Cc3ccc(C#N)cc3C2)cc1. The Labute approximate surface area is 119 Å². The van der Waals surface area contributed by atoms with Crippen LogP contribution in [0.5, 0.6) is 0 Å². The highest BCUT2D eigenvalue weighted by Gasteiger charge is 2.14. The number of rotatable bonds is 2. The molecule has 0 heterocycles. The largest absolute Gasteiger partial charge is 0.378 e. The molecule has 0 fully saturated rings. The lowest BCUT2D eigenvalue weighted by atomic mass is 10.0. The highest BCUT2D eigenvalue weighted by molar-refractivity contribution is 5.89. The van der Waals surface area contributed by atoms with Gasteiger partial charge < -0.3 is 4.90 Å². The van der Waals surface area contributed by atoms with Crippen LogP contribution < -0.4 is 4.90 Å². The molecule has 2 nitrogen and oxygen atoms in total. The van der Waals surface area contributed by atoms with Crippen molar-refractivity contribution in [1.29, 1.82) is 5.26 Å². The van der Waals surface area contributed by atoms with Crippen LogP contribution in [0.4, 0.5) is 5.69 Å². The molecule has 20 heavy (non-hydrogen) atoms. The van der Waals surface area contributed by atoms with Crippen molar-refractivity contribution >= 4 is 17.3 Å². The van der Waals surface area contributed by atoms with Crippen molar-refractivity contribution < 1.29 is 0 Å². The molecule has 0 aliphatic heterocycles. The Balaban J connectivity index is 1.89. The van der Waals surface area contributed by atoms with Gasteiger partial charge in [0.25, 0.3) is 0 Å². The van der Waals surface area contributed by atoms with Crippen molar-refractivity contribution in [2.45, 2.75) is 6.42 Å². The van der Waals surface area contributed by atoms with Gasteiger partial charge in [-0.1, -0.05) is 24.3 Å². The van der Waals surface area contributed by atoms with E-state index in [-0.39, 0.29) is 0 Å². The molecule has 1 aliphatic rings. The minimum absolute atomic E-state index is 0.737. The molecule has 0 saturated heterocycles. The molecule has 0 aromatic heterocycles. The van der Waals surface area contributed by atoms with E-state index in [4.69, 9.17) is 5.26 Å². The minimum atomic E-state index is 0.737. The van der Waals surface area contributed by atoms with Crippen molar-refractivity contribution in [3.05, 3.63) is 64.7 Å². The van der Waals surface area contributed by atoms with Crippen molar-refractivity contribution in [2.24, 2.45) is 0 Å². The predicted molar refractivity (Wildman–Crippen MR) is 83.5 cm³/mol. The van der Waals surface area contributed by atoms with E-state index in [2.05, 4.69) is 41.3 Å². The zero-order valence-electron chi connectivity index (χ0n) is 11.7. The quantitative estimate of drug-likeness (QED) is 0.822.